The lowest BCUT2D eigenvalue weighted by Gasteiger charge is -2.25. The molecule has 1 aliphatic rings. The predicted molar refractivity (Wildman–Crippen MR) is 88.0 cm³/mol. The van der Waals surface area contributed by atoms with Crippen molar-refractivity contribution < 1.29 is 9.21 Å². The van der Waals surface area contributed by atoms with Crippen LogP contribution in [0.25, 0.3) is 0 Å². The molecule has 0 bridgehead atoms. The van der Waals surface area contributed by atoms with Gasteiger partial charge in [0.2, 0.25) is 5.91 Å². The van der Waals surface area contributed by atoms with Gasteiger partial charge in [0, 0.05) is 6.54 Å². The summed E-state index contributed by atoms with van der Waals surface area (Å²) >= 11 is 0. The minimum Gasteiger partial charge on any atom is -0.467 e. The summed E-state index contributed by atoms with van der Waals surface area (Å²) in [4.78, 5) is 12.5. The molecule has 1 unspecified atom stereocenters. The monoisotopic (exact) mass is 320 g/mol. The van der Waals surface area contributed by atoms with Gasteiger partial charge in [-0.3, -0.25) is 4.79 Å². The lowest BCUT2D eigenvalue weighted by Crippen LogP contribution is -2.42. The molecule has 0 aliphatic carbocycles. The van der Waals surface area contributed by atoms with Gasteiger partial charge < -0.3 is 15.1 Å². The van der Waals surface area contributed by atoms with Crippen molar-refractivity contribution in [3.05, 3.63) is 60.1 Å². The Morgan fingerprint density at radius 3 is 2.68 bits per heavy atom. The van der Waals surface area contributed by atoms with Crippen molar-refractivity contribution in [3.8, 4) is 0 Å². The Kier molecular flexibility index (Phi) is 6.04. The summed E-state index contributed by atoms with van der Waals surface area (Å²) < 4.78 is 5.51. The number of halogens is 1. The van der Waals surface area contributed by atoms with Crippen molar-refractivity contribution in [3.63, 3.8) is 0 Å². The second kappa shape index (κ2) is 8.01. The topological polar surface area (TPSA) is 54.3 Å². The fraction of sp³-hybridized carbons (Fsp3) is 0.353. The van der Waals surface area contributed by atoms with E-state index in [0.29, 0.717) is 0 Å². The van der Waals surface area contributed by atoms with E-state index in [9.17, 15) is 4.79 Å². The molecule has 1 fully saturated rings. The molecule has 22 heavy (non-hydrogen) atoms. The van der Waals surface area contributed by atoms with Gasteiger partial charge in [0.25, 0.3) is 0 Å². The van der Waals surface area contributed by atoms with E-state index in [1.54, 1.807) is 6.26 Å². The molecule has 1 saturated heterocycles. The van der Waals surface area contributed by atoms with Crippen LogP contribution in [0.15, 0.2) is 53.1 Å². The molecule has 1 aliphatic heterocycles. The number of piperidine rings is 1. The normalized spacial score (nSPS) is 19.0. The number of hydrogen-bond acceptors (Lipinski definition) is 3. The van der Waals surface area contributed by atoms with Crippen LogP contribution >= 0.6 is 12.4 Å². The Hall–Kier alpha value is -1.78. The van der Waals surface area contributed by atoms with Crippen molar-refractivity contribution in [2.75, 3.05) is 13.1 Å². The molecule has 1 amide bonds. The number of furan rings is 1. The molecule has 0 saturated carbocycles. The molecule has 0 radical (unpaired) electrons. The molecule has 2 atom stereocenters. The number of carbonyl (C=O) groups excluding carboxylic acids is 1. The lowest BCUT2D eigenvalue weighted by molar-refractivity contribution is -0.126. The SMILES string of the molecule is Cl.O=C(NC(c1ccccc1)c1ccco1)[C@@H]1CCCNC1. The molecule has 118 valence electrons. The van der Waals surface area contributed by atoms with Crippen LogP contribution in [-0.4, -0.2) is 19.0 Å². The van der Waals surface area contributed by atoms with E-state index in [2.05, 4.69) is 10.6 Å². The summed E-state index contributed by atoms with van der Waals surface area (Å²) in [6.45, 7) is 1.76. The van der Waals surface area contributed by atoms with Gasteiger partial charge in [-0.15, -0.1) is 12.4 Å². The molecule has 5 heteroatoms. The summed E-state index contributed by atoms with van der Waals surface area (Å²) in [6, 6.07) is 13.4. The Labute approximate surface area is 136 Å². The number of hydrogen-bond donors (Lipinski definition) is 2. The molecule has 4 nitrogen and oxygen atoms in total. The van der Waals surface area contributed by atoms with Gasteiger partial charge in [0.05, 0.1) is 12.2 Å². The first kappa shape index (κ1) is 16.6. The second-order valence-corrected chi connectivity index (χ2v) is 5.41. The average molecular weight is 321 g/mol. The molecule has 2 heterocycles. The summed E-state index contributed by atoms with van der Waals surface area (Å²) in [6.07, 6.45) is 3.63. The highest BCUT2D eigenvalue weighted by atomic mass is 35.5. The van der Waals surface area contributed by atoms with E-state index in [1.807, 2.05) is 42.5 Å². The number of nitrogens with one attached hydrogen (secondary N) is 2. The quantitative estimate of drug-likeness (QED) is 0.910. The number of carbonyl (C=O) groups is 1. The zero-order valence-electron chi connectivity index (χ0n) is 12.3. The van der Waals surface area contributed by atoms with Crippen LogP contribution in [-0.2, 0) is 4.79 Å². The maximum absolute atomic E-state index is 12.5. The van der Waals surface area contributed by atoms with Gasteiger partial charge in [-0.2, -0.15) is 0 Å². The molecule has 3 rings (SSSR count). The Morgan fingerprint density at radius 1 is 1.23 bits per heavy atom. The first-order valence-corrected chi connectivity index (χ1v) is 7.44. The van der Waals surface area contributed by atoms with Gasteiger partial charge in [-0.1, -0.05) is 30.3 Å². The third-order valence-corrected chi connectivity index (χ3v) is 3.91. The van der Waals surface area contributed by atoms with Crippen LogP contribution in [0.5, 0.6) is 0 Å². The first-order valence-electron chi connectivity index (χ1n) is 7.44. The fourth-order valence-electron chi connectivity index (χ4n) is 2.76. The van der Waals surface area contributed by atoms with E-state index in [1.165, 1.54) is 0 Å². The zero-order chi connectivity index (χ0) is 14.5. The standard InChI is InChI=1S/C17H20N2O2.ClH/c20-17(14-8-4-10-18-12-14)19-16(15-9-5-11-21-15)13-6-2-1-3-7-13;/h1-3,5-7,9,11,14,16,18H,4,8,10,12H2,(H,19,20);1H/t14-,16?;/m1./s1. The van der Waals surface area contributed by atoms with Crippen molar-refractivity contribution in [1.82, 2.24) is 10.6 Å². The first-order chi connectivity index (χ1) is 10.3. The number of rotatable bonds is 4. The Bertz CT molecular complexity index is 566. The van der Waals surface area contributed by atoms with Crippen LogP contribution in [0.1, 0.15) is 30.2 Å². The molecular weight excluding hydrogens is 300 g/mol. The summed E-state index contributed by atoms with van der Waals surface area (Å²) in [5, 5.41) is 6.41. The summed E-state index contributed by atoms with van der Waals surface area (Å²) in [5.41, 5.74) is 1.03. The van der Waals surface area contributed by atoms with Crippen molar-refractivity contribution in [2.24, 2.45) is 5.92 Å². The zero-order valence-corrected chi connectivity index (χ0v) is 13.1. The van der Waals surface area contributed by atoms with Crippen LogP contribution in [0.4, 0.5) is 0 Å². The van der Waals surface area contributed by atoms with E-state index < -0.39 is 0 Å². The number of amides is 1. The van der Waals surface area contributed by atoms with Gasteiger partial charge in [0.1, 0.15) is 11.8 Å². The van der Waals surface area contributed by atoms with E-state index >= 15 is 0 Å². The van der Waals surface area contributed by atoms with Crippen molar-refractivity contribution in [1.29, 1.82) is 0 Å². The van der Waals surface area contributed by atoms with Gasteiger partial charge >= 0.3 is 0 Å². The highest BCUT2D eigenvalue weighted by molar-refractivity contribution is 5.85. The van der Waals surface area contributed by atoms with E-state index in [-0.39, 0.29) is 30.3 Å². The Morgan fingerprint density at radius 2 is 2.05 bits per heavy atom. The molecule has 2 N–H and O–H groups in total. The molecule has 1 aromatic carbocycles. The van der Waals surface area contributed by atoms with Crippen LogP contribution in [0.3, 0.4) is 0 Å². The maximum atomic E-state index is 12.5. The highest BCUT2D eigenvalue weighted by Crippen LogP contribution is 2.23. The largest absolute Gasteiger partial charge is 0.467 e. The molecular formula is C17H21ClN2O2. The van der Waals surface area contributed by atoms with Crippen molar-refractivity contribution in [2.45, 2.75) is 18.9 Å². The summed E-state index contributed by atoms with van der Waals surface area (Å²) in [5.74, 6) is 0.894. The van der Waals surface area contributed by atoms with Crippen LogP contribution < -0.4 is 10.6 Å². The van der Waals surface area contributed by atoms with Gasteiger partial charge in [-0.05, 0) is 37.1 Å². The lowest BCUT2D eigenvalue weighted by atomic mass is 9.97. The minimum absolute atomic E-state index is 0. The van der Waals surface area contributed by atoms with Crippen molar-refractivity contribution >= 4 is 18.3 Å². The minimum atomic E-state index is -0.226. The Balaban J connectivity index is 0.00000176. The third-order valence-electron chi connectivity index (χ3n) is 3.91. The molecule has 0 spiro atoms. The van der Waals surface area contributed by atoms with E-state index in [0.717, 1.165) is 37.3 Å². The van der Waals surface area contributed by atoms with Crippen LogP contribution in [0.2, 0.25) is 0 Å². The molecule has 1 aromatic heterocycles. The number of benzene rings is 1. The maximum Gasteiger partial charge on any atom is 0.225 e. The highest BCUT2D eigenvalue weighted by Gasteiger charge is 2.25. The predicted octanol–water partition coefficient (Wildman–Crippen LogP) is 2.91. The fourth-order valence-corrected chi connectivity index (χ4v) is 2.76. The van der Waals surface area contributed by atoms with Crippen LogP contribution in [0, 0.1) is 5.92 Å². The van der Waals surface area contributed by atoms with Gasteiger partial charge in [-0.25, -0.2) is 0 Å². The third kappa shape index (κ3) is 3.90. The van der Waals surface area contributed by atoms with Gasteiger partial charge in [0.15, 0.2) is 0 Å². The average Bonchev–Trinajstić information content (AvgIpc) is 3.08. The van der Waals surface area contributed by atoms with E-state index in [4.69, 9.17) is 4.42 Å². The smallest absolute Gasteiger partial charge is 0.225 e. The molecule has 2 aromatic rings. The second-order valence-electron chi connectivity index (χ2n) is 5.41. The summed E-state index contributed by atoms with van der Waals surface area (Å²) in [7, 11) is 0.